The Bertz CT molecular complexity index is 2950. The van der Waals surface area contributed by atoms with Gasteiger partial charge in [-0.05, 0) is 91.5 Å². The standard InChI is InChI=1S/C62H81N7O17/c1-6-7-8-26-85-44-23-19-39(20-24-44)37-11-9-36(10-12-37)38-13-15-41(16-14-38)56(79)64-46-30-49(75)60(86-27-25-63-5)67-59(82)52-53(76)33(2)31-69(52)62(84)51(35(4)71)65-57(80)45(55(78)54(77)40-17-21-42(72)22-18-40)29-48(74)47-28-43(73)32-68(47)61(83)50(34(3)70)66-58(46)81/h9-24,33-35,43,45-47,49-55,60,63,70-73,75-78H,6-8,25-32H2,1-5H3,(H,64,79)(H,65,80)(H,66,81)(H,67,82)/t33-,34+,35+,43+,45?,46-,47?,49+,50?,51?,52?,53-,54-,55-,60?/m0/s1. The summed E-state index contributed by atoms with van der Waals surface area (Å²) in [5.74, 6) is -9.77. The zero-order chi connectivity index (χ0) is 62.5. The van der Waals surface area contributed by atoms with E-state index in [2.05, 4.69) is 33.5 Å². The molecule has 0 saturated carbocycles. The van der Waals surface area contributed by atoms with Crippen LogP contribution in [-0.2, 0) is 33.5 Å². The molecule has 3 saturated heterocycles. The van der Waals surface area contributed by atoms with Crippen LogP contribution in [0.5, 0.6) is 11.5 Å². The Morgan fingerprint density at radius 2 is 1.24 bits per heavy atom. The number of nitrogens with zero attached hydrogens (tertiary/aromatic N) is 2. The number of phenolic OH excluding ortho intramolecular Hbond substituents is 1. The van der Waals surface area contributed by atoms with Crippen LogP contribution < -0.4 is 31.3 Å². The highest BCUT2D eigenvalue weighted by Gasteiger charge is 2.50. The number of nitrogens with one attached hydrogen (secondary N) is 5. The second-order valence-corrected chi connectivity index (χ2v) is 22.5. The SMILES string of the molecule is CCCCCOc1ccc(-c2ccc(-c3ccc(C(=O)N[C@H]4C[C@@H](O)C(OCCNC)NC(=O)C5[C@@H](O)[C@@H](C)CN5C(=O)C([C@@H](C)O)NC(=O)C([C@H](O)[C@@H](O)c5ccc(O)cc5)CC(=O)C5C[C@@H](O)CN5C(=O)C([C@@H](C)O)NC4=O)cc3)cc2)cc1. The van der Waals surface area contributed by atoms with Crippen LogP contribution in [0, 0.1) is 11.8 Å². The molecule has 3 fully saturated rings. The Balaban J connectivity index is 1.22. The number of carbonyl (C=O) groups excluding carboxylic acids is 7. The molecular formula is C62H81N7O17. The van der Waals surface area contributed by atoms with Crippen molar-refractivity contribution in [2.24, 2.45) is 11.8 Å². The fourth-order valence-corrected chi connectivity index (χ4v) is 10.9. The lowest BCUT2D eigenvalue weighted by Gasteiger charge is -2.34. The first-order valence-corrected chi connectivity index (χ1v) is 29.1. The predicted molar refractivity (Wildman–Crippen MR) is 312 cm³/mol. The van der Waals surface area contributed by atoms with E-state index in [0.717, 1.165) is 70.9 Å². The molecule has 0 radical (unpaired) electrons. The van der Waals surface area contributed by atoms with Gasteiger partial charge in [-0.2, -0.15) is 0 Å². The lowest BCUT2D eigenvalue weighted by molar-refractivity contribution is -0.150. The van der Waals surface area contributed by atoms with E-state index in [4.69, 9.17) is 9.47 Å². The number of carbonyl (C=O) groups is 7. The maximum Gasteiger partial charge on any atom is 0.251 e. The van der Waals surface area contributed by atoms with E-state index < -0.39 is 158 Å². The molecule has 86 heavy (non-hydrogen) atoms. The molecule has 466 valence electrons. The third-order valence-electron chi connectivity index (χ3n) is 16.0. The lowest BCUT2D eigenvalue weighted by Crippen LogP contribution is -2.61. The highest BCUT2D eigenvalue weighted by molar-refractivity contribution is 6.00. The van der Waals surface area contributed by atoms with Crippen molar-refractivity contribution in [2.75, 3.05) is 39.9 Å². The van der Waals surface area contributed by atoms with Crippen LogP contribution in [-0.4, -0.2) is 205 Å². The normalized spacial score (nSPS) is 26.9. The first-order chi connectivity index (χ1) is 41.0. The summed E-state index contributed by atoms with van der Waals surface area (Å²) >= 11 is 0. The van der Waals surface area contributed by atoms with E-state index >= 15 is 0 Å². The number of Topliss-reactive ketones (excluding diaryl/α,β-unsaturated/α-hetero) is 1. The number of ether oxygens (including phenoxy) is 2. The number of benzene rings is 4. The number of unbranched alkanes of at least 4 members (excludes halogenated alkanes) is 2. The molecule has 13 N–H and O–H groups in total. The second-order valence-electron chi connectivity index (χ2n) is 22.5. The number of ketones is 1. The number of hydrogen-bond donors (Lipinski definition) is 13. The van der Waals surface area contributed by atoms with Crippen LogP contribution in [0.2, 0.25) is 0 Å². The van der Waals surface area contributed by atoms with Gasteiger partial charge >= 0.3 is 0 Å². The number of aromatic hydroxyl groups is 1. The number of fused-ring (bicyclic) bond motifs is 2. The van der Waals surface area contributed by atoms with Gasteiger partial charge in [-0.25, -0.2) is 0 Å². The third-order valence-corrected chi connectivity index (χ3v) is 16.0. The zero-order valence-corrected chi connectivity index (χ0v) is 48.8. The molecule has 6 unspecified atom stereocenters. The molecule has 0 bridgehead atoms. The number of likely N-dealkylation sites (N-methyl/N-ethyl adjacent to an activating group) is 1. The molecule has 15 atom stereocenters. The summed E-state index contributed by atoms with van der Waals surface area (Å²) < 4.78 is 11.8. The van der Waals surface area contributed by atoms with Crippen molar-refractivity contribution in [3.63, 3.8) is 0 Å². The summed E-state index contributed by atoms with van der Waals surface area (Å²) in [4.78, 5) is 104. The second kappa shape index (κ2) is 30.3. The van der Waals surface area contributed by atoms with E-state index in [-0.39, 0.29) is 36.6 Å². The minimum absolute atomic E-state index is 0.0243. The first-order valence-electron chi connectivity index (χ1n) is 29.1. The van der Waals surface area contributed by atoms with Crippen LogP contribution >= 0.6 is 0 Å². The van der Waals surface area contributed by atoms with Crippen molar-refractivity contribution in [3.8, 4) is 33.8 Å². The van der Waals surface area contributed by atoms with Crippen LogP contribution in [0.25, 0.3) is 22.3 Å². The highest BCUT2D eigenvalue weighted by atomic mass is 16.5. The maximum absolute atomic E-state index is 14.7. The van der Waals surface area contributed by atoms with Crippen LogP contribution in [0.4, 0.5) is 0 Å². The van der Waals surface area contributed by atoms with Gasteiger partial charge < -0.3 is 86.7 Å². The molecular weight excluding hydrogens is 1110 g/mol. The van der Waals surface area contributed by atoms with Crippen LogP contribution in [0.3, 0.4) is 0 Å². The smallest absolute Gasteiger partial charge is 0.251 e. The number of rotatable bonds is 18. The average molecular weight is 1200 g/mol. The van der Waals surface area contributed by atoms with Crippen molar-refractivity contribution in [1.82, 2.24) is 36.4 Å². The van der Waals surface area contributed by atoms with E-state index in [1.165, 1.54) is 43.3 Å². The van der Waals surface area contributed by atoms with E-state index in [9.17, 15) is 74.4 Å². The number of phenols is 1. The van der Waals surface area contributed by atoms with Gasteiger partial charge in [0.05, 0.1) is 55.7 Å². The van der Waals surface area contributed by atoms with Crippen molar-refractivity contribution in [1.29, 1.82) is 0 Å². The molecule has 3 heterocycles. The van der Waals surface area contributed by atoms with E-state index in [1.807, 2.05) is 48.5 Å². The van der Waals surface area contributed by atoms with Crippen molar-refractivity contribution in [2.45, 2.75) is 145 Å². The molecule has 3 aliphatic rings. The summed E-state index contributed by atoms with van der Waals surface area (Å²) in [7, 11) is 1.60. The summed E-state index contributed by atoms with van der Waals surface area (Å²) in [6.07, 6.45) is -13.2. The minimum Gasteiger partial charge on any atom is -0.508 e. The van der Waals surface area contributed by atoms with Gasteiger partial charge in [0.2, 0.25) is 29.5 Å². The van der Waals surface area contributed by atoms with Gasteiger partial charge in [-0.3, -0.25) is 33.6 Å². The molecule has 4 aromatic carbocycles. The van der Waals surface area contributed by atoms with Gasteiger partial charge in [0.25, 0.3) is 5.91 Å². The Morgan fingerprint density at radius 1 is 0.686 bits per heavy atom. The minimum atomic E-state index is -2.17. The Labute approximate surface area is 498 Å². The molecule has 4 aromatic rings. The van der Waals surface area contributed by atoms with Gasteiger partial charge in [0.15, 0.2) is 12.0 Å². The summed E-state index contributed by atoms with van der Waals surface area (Å²) in [6.45, 7) is 5.70. The van der Waals surface area contributed by atoms with Gasteiger partial charge in [0, 0.05) is 50.4 Å². The quantitative estimate of drug-likeness (QED) is 0.0600. The van der Waals surface area contributed by atoms with Crippen molar-refractivity contribution < 1.29 is 83.9 Å². The molecule has 3 aliphatic heterocycles. The molecule has 24 nitrogen and oxygen atoms in total. The van der Waals surface area contributed by atoms with Gasteiger partial charge in [0.1, 0.15) is 47.9 Å². The molecule has 0 spiro atoms. The molecule has 7 rings (SSSR count). The van der Waals surface area contributed by atoms with Gasteiger partial charge in [-0.1, -0.05) is 87.4 Å². The third kappa shape index (κ3) is 16.4. The maximum atomic E-state index is 14.7. The van der Waals surface area contributed by atoms with Crippen LogP contribution in [0.1, 0.15) is 88.2 Å². The first kappa shape index (κ1) is 66.1. The number of aliphatic hydroxyl groups is 7. The Morgan fingerprint density at radius 3 is 1.81 bits per heavy atom. The predicted octanol–water partition coefficient (Wildman–Crippen LogP) is 0.407. The average Bonchev–Trinajstić information content (AvgIpc) is 2.84. The van der Waals surface area contributed by atoms with Crippen molar-refractivity contribution >= 4 is 41.2 Å². The Hall–Kier alpha value is -7.39. The monoisotopic (exact) mass is 1200 g/mol. The summed E-state index contributed by atoms with van der Waals surface area (Å²) in [6, 6.07) is 17.8. The molecule has 0 aromatic heterocycles. The Kier molecular flexibility index (Phi) is 23.3. The molecule has 6 amide bonds. The van der Waals surface area contributed by atoms with E-state index in [0.29, 0.717) is 6.61 Å². The fourth-order valence-electron chi connectivity index (χ4n) is 10.9. The van der Waals surface area contributed by atoms with Gasteiger partial charge in [-0.15, -0.1) is 0 Å². The van der Waals surface area contributed by atoms with Crippen molar-refractivity contribution in [3.05, 3.63) is 108 Å². The number of hydrogen-bond acceptors (Lipinski definition) is 18. The molecule has 0 aliphatic carbocycles. The zero-order valence-electron chi connectivity index (χ0n) is 48.8. The highest BCUT2D eigenvalue weighted by Crippen LogP contribution is 2.32. The van der Waals surface area contributed by atoms with Crippen LogP contribution in [0.15, 0.2) is 97.1 Å². The fraction of sp³-hybridized carbons (Fsp3) is 0.500. The largest absolute Gasteiger partial charge is 0.508 e. The number of amides is 6. The molecule has 24 heteroatoms. The topological polar surface area (TPSA) is 366 Å². The number of aliphatic hydroxyl groups excluding tert-OH is 7. The summed E-state index contributed by atoms with van der Waals surface area (Å²) in [5.41, 5.74) is 3.53. The lowest BCUT2D eigenvalue weighted by atomic mass is 9.86. The summed E-state index contributed by atoms with van der Waals surface area (Å²) in [5, 5.41) is 103. The van der Waals surface area contributed by atoms with E-state index in [1.54, 1.807) is 19.2 Å².